The van der Waals surface area contributed by atoms with Gasteiger partial charge in [0.15, 0.2) is 0 Å². The van der Waals surface area contributed by atoms with Gasteiger partial charge in [0.1, 0.15) is 0 Å². The largest absolute Gasteiger partial charge is 0.316 e. The molecule has 0 aliphatic rings. The normalized spacial score (nSPS) is 10.7. The first kappa shape index (κ1) is 37.3. The molecule has 0 aliphatic heterocycles. The minimum Gasteiger partial charge on any atom is -0.316 e. The molecule has 4 rings (SSSR count). The quantitative estimate of drug-likeness (QED) is 0.135. The van der Waals surface area contributed by atoms with Gasteiger partial charge in [0.2, 0.25) is 0 Å². The fourth-order valence-electron chi connectivity index (χ4n) is 4.71. The van der Waals surface area contributed by atoms with E-state index in [0.717, 1.165) is 6.54 Å². The van der Waals surface area contributed by atoms with Gasteiger partial charge in [-0.3, -0.25) is 0 Å². The van der Waals surface area contributed by atoms with Crippen LogP contribution in [0, 0.1) is 19.1 Å². The molecule has 4 aromatic rings. The molecule has 4 aromatic carbocycles. The molecule has 0 aromatic heterocycles. The third kappa shape index (κ3) is 12.6. The van der Waals surface area contributed by atoms with Crippen LogP contribution in [0.25, 0.3) is 0 Å². The van der Waals surface area contributed by atoms with Crippen LogP contribution < -0.4 is 0 Å². The molecular formula is C40H53MoN3. The Kier molecular flexibility index (Phi) is 16.5. The van der Waals surface area contributed by atoms with Crippen molar-refractivity contribution < 1.29 is 18.2 Å². The van der Waals surface area contributed by atoms with Crippen molar-refractivity contribution in [2.24, 2.45) is 6.99 Å². The van der Waals surface area contributed by atoms with E-state index in [2.05, 4.69) is 142 Å². The maximum Gasteiger partial charge on any atom is -0.0145 e. The second-order valence-corrected chi connectivity index (χ2v) is 14.0. The van der Waals surface area contributed by atoms with Gasteiger partial charge in [-0.1, -0.05) is 6.92 Å². The molecule has 0 saturated carbocycles. The van der Waals surface area contributed by atoms with Crippen LogP contribution in [0.3, 0.4) is 0 Å². The fourth-order valence-corrected chi connectivity index (χ4v) is 6.25. The van der Waals surface area contributed by atoms with Crippen molar-refractivity contribution in [3.05, 3.63) is 130 Å². The molecule has 0 aliphatic carbocycles. The summed E-state index contributed by atoms with van der Waals surface area (Å²) in [4.78, 5) is 2.14. The van der Waals surface area contributed by atoms with E-state index in [1.54, 1.807) is 0 Å². The monoisotopic (exact) mass is 673 g/mol. The average molecular weight is 672 g/mol. The molecule has 0 amide bonds. The number of nitrogens with zero attached hydrogens (tertiary/aromatic N) is 3. The van der Waals surface area contributed by atoms with Crippen LogP contribution in [0.2, 0.25) is 0 Å². The van der Waals surface area contributed by atoms with Crippen LogP contribution >= 0.6 is 0 Å². The molecule has 0 unspecified atom stereocenters. The summed E-state index contributed by atoms with van der Waals surface area (Å²) in [5, 5.41) is 0. The van der Waals surface area contributed by atoms with Gasteiger partial charge in [-0.05, 0) is 20.6 Å². The molecule has 0 N–H and O–H groups in total. The zero-order chi connectivity index (χ0) is 32.6. The van der Waals surface area contributed by atoms with Gasteiger partial charge >= 0.3 is 174 Å². The van der Waals surface area contributed by atoms with Crippen LogP contribution in [0.1, 0.15) is 112 Å². The number of aryl methyl sites for hydroxylation is 1. The van der Waals surface area contributed by atoms with Gasteiger partial charge < -0.3 is 4.90 Å². The molecule has 3 nitrogen and oxygen atoms in total. The average Bonchev–Trinajstić information content (AvgIpc) is 2.98. The zero-order valence-corrected chi connectivity index (χ0v) is 30.9. The summed E-state index contributed by atoms with van der Waals surface area (Å²) in [6.45, 7) is 21.1. The summed E-state index contributed by atoms with van der Waals surface area (Å²) in [5.74, 6) is 1.90. The molecule has 0 atom stereocenters. The van der Waals surface area contributed by atoms with E-state index < -0.39 is 18.2 Å². The Labute approximate surface area is 277 Å². The van der Waals surface area contributed by atoms with Crippen molar-refractivity contribution in [1.82, 2.24) is 4.90 Å². The Balaban J connectivity index is 0.000000320. The van der Waals surface area contributed by atoms with E-state index in [0.29, 0.717) is 23.7 Å². The van der Waals surface area contributed by atoms with Crippen LogP contribution in [-0.2, 0) is 24.7 Å². The van der Waals surface area contributed by atoms with Crippen molar-refractivity contribution in [2.75, 3.05) is 14.1 Å². The summed E-state index contributed by atoms with van der Waals surface area (Å²) in [6.07, 6.45) is 0. The summed E-state index contributed by atoms with van der Waals surface area (Å²) >= 11 is -0.857. The minimum atomic E-state index is -0.857. The predicted octanol–water partition coefficient (Wildman–Crippen LogP) is 11.9. The van der Waals surface area contributed by atoms with Crippen LogP contribution in [-0.4, -0.2) is 19.0 Å². The minimum absolute atomic E-state index is 0.476. The third-order valence-corrected chi connectivity index (χ3v) is 8.38. The molecular weight excluding hydrogens is 618 g/mol. The first-order chi connectivity index (χ1) is 20.9. The van der Waals surface area contributed by atoms with Crippen molar-refractivity contribution in [3.8, 4) is 0 Å². The molecule has 0 bridgehead atoms. The first-order valence-electron chi connectivity index (χ1n) is 15.8. The van der Waals surface area contributed by atoms with E-state index in [1.807, 2.05) is 36.4 Å². The Morgan fingerprint density at radius 1 is 0.591 bits per heavy atom. The summed E-state index contributed by atoms with van der Waals surface area (Å²) in [6, 6.07) is 35.2. The maximum atomic E-state index is 5.11. The Bertz CT molecular complexity index is 1330. The molecule has 0 spiro atoms. The van der Waals surface area contributed by atoms with E-state index in [1.165, 1.54) is 44.8 Å². The molecule has 44 heavy (non-hydrogen) atoms. The van der Waals surface area contributed by atoms with Crippen molar-refractivity contribution in [2.45, 2.75) is 92.5 Å². The van der Waals surface area contributed by atoms with Crippen molar-refractivity contribution >= 4 is 11.4 Å². The first-order valence-corrected chi connectivity index (χ1v) is 17.6. The zero-order valence-electron chi connectivity index (χ0n) is 28.8. The molecule has 0 radical (unpaired) electrons. The fraction of sp³-hybridized carbons (Fsp3) is 0.400. The van der Waals surface area contributed by atoms with Crippen molar-refractivity contribution in [1.29, 1.82) is 0 Å². The summed E-state index contributed by atoms with van der Waals surface area (Å²) in [7, 11) is 4.12. The second kappa shape index (κ2) is 19.5. The molecule has 234 valence electrons. The second-order valence-electron chi connectivity index (χ2n) is 12.7. The van der Waals surface area contributed by atoms with E-state index in [4.69, 9.17) is 6.99 Å². The molecule has 4 heteroatoms. The number of hydrogen-bond donors (Lipinski definition) is 0. The summed E-state index contributed by atoms with van der Waals surface area (Å²) in [5.41, 5.74) is 10.4. The van der Waals surface area contributed by atoms with Gasteiger partial charge in [0.25, 0.3) is 0 Å². The van der Waals surface area contributed by atoms with Gasteiger partial charge in [0.05, 0.1) is 0 Å². The van der Waals surface area contributed by atoms with E-state index in [9.17, 15) is 0 Å². The smallest absolute Gasteiger partial charge is 0.0145 e. The topological polar surface area (TPSA) is 28.0 Å². The van der Waals surface area contributed by atoms with Gasteiger partial charge in [0, 0.05) is 0 Å². The Morgan fingerprint density at radius 2 is 1.00 bits per heavy atom. The van der Waals surface area contributed by atoms with E-state index >= 15 is 0 Å². The summed E-state index contributed by atoms with van der Waals surface area (Å²) < 4.78 is 10.2. The molecule has 0 fully saturated rings. The molecule has 0 saturated heterocycles. The van der Waals surface area contributed by atoms with Crippen molar-refractivity contribution in [3.63, 3.8) is 0 Å². The number of rotatable bonds is 8. The van der Waals surface area contributed by atoms with Gasteiger partial charge in [-0.2, -0.15) is 66.2 Å². The number of benzene rings is 4. The van der Waals surface area contributed by atoms with Gasteiger partial charge in [-0.25, -0.2) is 0 Å². The molecule has 0 heterocycles. The standard InChI is InChI=1S/2C12H17N.C9H12N.C7H7.Mo/c2*1-8(2)10-6-5-7-11(9(3)4)12(10)13;1-10(2)8-9-6-4-3-5-7-9;1-7-5-3-2-4-6-7;/h2*5-9H,1-4H3;3-4,6-7H,8H2,1-2H3;2-3,5-6H,1H3;/q;;2*-1;+2. The van der Waals surface area contributed by atoms with Crippen LogP contribution in [0.15, 0.2) is 91.9 Å². The predicted molar refractivity (Wildman–Crippen MR) is 186 cm³/mol. The van der Waals surface area contributed by atoms with Crippen LogP contribution in [0.4, 0.5) is 11.4 Å². The van der Waals surface area contributed by atoms with Gasteiger partial charge in [-0.15, -0.1) is 5.56 Å². The Morgan fingerprint density at radius 3 is 1.27 bits per heavy atom. The third-order valence-electron chi connectivity index (χ3n) is 7.08. The number of hydrogen-bond acceptors (Lipinski definition) is 3. The van der Waals surface area contributed by atoms with E-state index in [-0.39, 0.29) is 0 Å². The maximum absolute atomic E-state index is 5.11. The SMILES string of the molecule is CC(C)c1cccc(C(C)C)c1[N]=[Mo+2]=[N]c1c(C(C)C)cccc1C(C)C.CN(C)Cc1c[c-]ccc1.Cc1c[c-]ccc1. The Hall–Kier alpha value is -2.87. The van der Waals surface area contributed by atoms with Crippen LogP contribution in [0.5, 0.6) is 0 Å².